The minimum atomic E-state index is 0.380. The number of aryl methyl sites for hydroxylation is 3. The summed E-state index contributed by atoms with van der Waals surface area (Å²) < 4.78 is 2.00. The van der Waals surface area contributed by atoms with E-state index in [1.807, 2.05) is 11.6 Å². The molecule has 1 heterocycles. The predicted molar refractivity (Wildman–Crippen MR) is 88.8 cm³/mol. The van der Waals surface area contributed by atoms with Crippen LogP contribution in [-0.2, 0) is 19.4 Å². The van der Waals surface area contributed by atoms with Gasteiger partial charge in [-0.1, -0.05) is 41.4 Å². The molecule has 2 N–H and O–H groups in total. The number of nitrogens with two attached hydrogens (primary N) is 1. The second-order valence-corrected chi connectivity index (χ2v) is 6.04. The third-order valence-corrected chi connectivity index (χ3v) is 4.37. The molecule has 2 aromatic rings. The number of nitrogens with zero attached hydrogens (tertiary/aromatic N) is 2. The fourth-order valence-corrected chi connectivity index (χ4v) is 2.96. The molecule has 4 heteroatoms. The van der Waals surface area contributed by atoms with Crippen molar-refractivity contribution in [3.8, 4) is 0 Å². The van der Waals surface area contributed by atoms with Gasteiger partial charge in [-0.3, -0.25) is 4.68 Å². The highest BCUT2D eigenvalue weighted by atomic mass is 35.5. The van der Waals surface area contributed by atoms with Gasteiger partial charge in [0, 0.05) is 6.54 Å². The number of hydrogen-bond donors (Lipinski definition) is 1. The van der Waals surface area contributed by atoms with E-state index in [2.05, 4.69) is 43.2 Å². The number of benzene rings is 1. The number of rotatable bonds is 6. The lowest BCUT2D eigenvalue weighted by Gasteiger charge is -2.16. The molecule has 0 spiro atoms. The Balaban J connectivity index is 2.16. The zero-order chi connectivity index (χ0) is 15.4. The quantitative estimate of drug-likeness (QED) is 0.887. The molecule has 0 radical (unpaired) electrons. The first-order valence-corrected chi connectivity index (χ1v) is 7.90. The predicted octanol–water partition coefficient (Wildman–Crippen LogP) is 3.53. The van der Waals surface area contributed by atoms with Crippen LogP contribution in [0.1, 0.15) is 29.4 Å². The van der Waals surface area contributed by atoms with Crippen LogP contribution in [-0.4, -0.2) is 16.3 Å². The van der Waals surface area contributed by atoms with E-state index in [0.717, 1.165) is 35.8 Å². The van der Waals surface area contributed by atoms with E-state index in [1.165, 1.54) is 11.1 Å². The minimum absolute atomic E-state index is 0.380. The van der Waals surface area contributed by atoms with E-state index < -0.39 is 0 Å². The van der Waals surface area contributed by atoms with Crippen molar-refractivity contribution in [2.24, 2.45) is 11.7 Å². The lowest BCUT2D eigenvalue weighted by atomic mass is 9.94. The summed E-state index contributed by atoms with van der Waals surface area (Å²) in [4.78, 5) is 0. The van der Waals surface area contributed by atoms with E-state index in [-0.39, 0.29) is 0 Å². The molecule has 0 saturated carbocycles. The molecule has 114 valence electrons. The van der Waals surface area contributed by atoms with Crippen LogP contribution >= 0.6 is 11.6 Å². The van der Waals surface area contributed by atoms with Gasteiger partial charge in [-0.25, -0.2) is 0 Å². The smallest absolute Gasteiger partial charge is 0.0847 e. The van der Waals surface area contributed by atoms with Gasteiger partial charge in [0.25, 0.3) is 0 Å². The van der Waals surface area contributed by atoms with Crippen molar-refractivity contribution in [3.05, 3.63) is 51.8 Å². The molecule has 21 heavy (non-hydrogen) atoms. The molecule has 1 aromatic heterocycles. The molecule has 0 bridgehead atoms. The van der Waals surface area contributed by atoms with Gasteiger partial charge in [-0.2, -0.15) is 5.10 Å². The van der Waals surface area contributed by atoms with Gasteiger partial charge < -0.3 is 5.73 Å². The van der Waals surface area contributed by atoms with Crippen LogP contribution in [0.15, 0.2) is 24.3 Å². The first-order chi connectivity index (χ1) is 10.0. The van der Waals surface area contributed by atoms with Crippen molar-refractivity contribution in [2.75, 3.05) is 6.54 Å². The van der Waals surface area contributed by atoms with Gasteiger partial charge in [-0.15, -0.1) is 0 Å². The van der Waals surface area contributed by atoms with Crippen LogP contribution in [0.5, 0.6) is 0 Å². The zero-order valence-corrected chi connectivity index (χ0v) is 13.8. The first-order valence-electron chi connectivity index (χ1n) is 7.52. The second kappa shape index (κ2) is 7.10. The Bertz CT molecular complexity index is 604. The summed E-state index contributed by atoms with van der Waals surface area (Å²) >= 11 is 6.40. The van der Waals surface area contributed by atoms with Gasteiger partial charge in [0.15, 0.2) is 0 Å². The Morgan fingerprint density at radius 2 is 2.05 bits per heavy atom. The molecular formula is C17H24ClN3. The molecule has 0 aliphatic rings. The SMILES string of the molecule is CCn1nc(C)c(Cl)c1CC(CN)Cc1cccc(C)c1. The molecule has 0 fully saturated rings. The maximum absolute atomic E-state index is 6.40. The van der Waals surface area contributed by atoms with Crippen molar-refractivity contribution in [1.29, 1.82) is 0 Å². The van der Waals surface area contributed by atoms with Crippen molar-refractivity contribution in [2.45, 2.75) is 40.2 Å². The third-order valence-electron chi connectivity index (χ3n) is 3.88. The summed E-state index contributed by atoms with van der Waals surface area (Å²) in [5.41, 5.74) is 10.6. The fourth-order valence-electron chi connectivity index (χ4n) is 2.75. The molecule has 0 aliphatic carbocycles. The topological polar surface area (TPSA) is 43.8 Å². The van der Waals surface area contributed by atoms with Crippen molar-refractivity contribution >= 4 is 11.6 Å². The molecule has 1 unspecified atom stereocenters. The Labute approximate surface area is 132 Å². The highest BCUT2D eigenvalue weighted by Crippen LogP contribution is 2.24. The third kappa shape index (κ3) is 3.86. The van der Waals surface area contributed by atoms with Gasteiger partial charge in [-0.05, 0) is 51.6 Å². The van der Waals surface area contributed by atoms with Crippen LogP contribution in [0.25, 0.3) is 0 Å². The van der Waals surface area contributed by atoms with Crippen LogP contribution < -0.4 is 5.73 Å². The Morgan fingerprint density at radius 3 is 2.67 bits per heavy atom. The fraction of sp³-hybridized carbons (Fsp3) is 0.471. The summed E-state index contributed by atoms with van der Waals surface area (Å²) in [5, 5.41) is 5.27. The van der Waals surface area contributed by atoms with E-state index in [1.54, 1.807) is 0 Å². The van der Waals surface area contributed by atoms with E-state index in [0.29, 0.717) is 12.5 Å². The molecule has 0 aliphatic heterocycles. The lowest BCUT2D eigenvalue weighted by molar-refractivity contribution is 0.499. The normalized spacial score (nSPS) is 12.6. The lowest BCUT2D eigenvalue weighted by Crippen LogP contribution is -2.21. The molecule has 3 nitrogen and oxygen atoms in total. The highest BCUT2D eigenvalue weighted by Gasteiger charge is 2.17. The maximum atomic E-state index is 6.40. The average Bonchev–Trinajstić information content (AvgIpc) is 2.74. The molecule has 0 amide bonds. The maximum Gasteiger partial charge on any atom is 0.0847 e. The van der Waals surface area contributed by atoms with Gasteiger partial charge in [0.05, 0.1) is 16.4 Å². The Morgan fingerprint density at radius 1 is 1.29 bits per heavy atom. The number of aromatic nitrogens is 2. The first kappa shape index (κ1) is 16.1. The van der Waals surface area contributed by atoms with Crippen LogP contribution in [0.3, 0.4) is 0 Å². The van der Waals surface area contributed by atoms with E-state index >= 15 is 0 Å². The summed E-state index contributed by atoms with van der Waals surface area (Å²) in [6, 6.07) is 8.62. The molecule has 0 saturated heterocycles. The standard InChI is InChI=1S/C17H24ClN3/c1-4-21-16(17(18)13(3)20-21)10-15(11-19)9-14-7-5-6-12(2)8-14/h5-8,15H,4,9-11,19H2,1-3H3. The molecule has 1 aromatic carbocycles. The van der Waals surface area contributed by atoms with Gasteiger partial charge >= 0.3 is 0 Å². The van der Waals surface area contributed by atoms with Crippen molar-refractivity contribution in [3.63, 3.8) is 0 Å². The van der Waals surface area contributed by atoms with Crippen LogP contribution in [0.2, 0.25) is 5.02 Å². The summed E-state index contributed by atoms with van der Waals surface area (Å²) in [6.07, 6.45) is 1.85. The second-order valence-electron chi connectivity index (χ2n) is 5.66. The number of halogens is 1. The monoisotopic (exact) mass is 305 g/mol. The van der Waals surface area contributed by atoms with E-state index in [4.69, 9.17) is 17.3 Å². The van der Waals surface area contributed by atoms with E-state index in [9.17, 15) is 0 Å². The van der Waals surface area contributed by atoms with Crippen molar-refractivity contribution in [1.82, 2.24) is 9.78 Å². The zero-order valence-electron chi connectivity index (χ0n) is 13.1. The van der Waals surface area contributed by atoms with Crippen molar-refractivity contribution < 1.29 is 0 Å². The average molecular weight is 306 g/mol. The van der Waals surface area contributed by atoms with Gasteiger partial charge in [0.2, 0.25) is 0 Å². The van der Waals surface area contributed by atoms with Crippen LogP contribution in [0.4, 0.5) is 0 Å². The Hall–Kier alpha value is -1.32. The summed E-state index contributed by atoms with van der Waals surface area (Å²) in [5.74, 6) is 0.380. The summed E-state index contributed by atoms with van der Waals surface area (Å²) in [7, 11) is 0. The largest absolute Gasteiger partial charge is 0.330 e. The molecular weight excluding hydrogens is 282 g/mol. The summed E-state index contributed by atoms with van der Waals surface area (Å²) in [6.45, 7) is 7.65. The Kier molecular flexibility index (Phi) is 5.43. The van der Waals surface area contributed by atoms with Gasteiger partial charge in [0.1, 0.15) is 0 Å². The molecule has 2 rings (SSSR count). The molecule has 1 atom stereocenters. The number of hydrogen-bond acceptors (Lipinski definition) is 2. The van der Waals surface area contributed by atoms with Crippen LogP contribution in [0, 0.1) is 19.8 Å². The highest BCUT2D eigenvalue weighted by molar-refractivity contribution is 6.31. The minimum Gasteiger partial charge on any atom is -0.330 e.